The van der Waals surface area contributed by atoms with Gasteiger partial charge in [0.25, 0.3) is 17.1 Å². The summed E-state index contributed by atoms with van der Waals surface area (Å²) in [5.74, 6) is 0.843. The first kappa shape index (κ1) is 115. The fraction of sp³-hybridized carbons (Fsp3) is 0.451. The van der Waals surface area contributed by atoms with Gasteiger partial charge in [0, 0.05) is 289 Å². The molecule has 12 atom stereocenters. The van der Waals surface area contributed by atoms with Gasteiger partial charge in [0.2, 0.25) is 39.9 Å². The van der Waals surface area contributed by atoms with Gasteiger partial charge < -0.3 is 72.4 Å². The third-order valence-corrected chi connectivity index (χ3v) is 19.1. The number of benzene rings is 6. The molecule has 32 nitrogen and oxygen atoms in total. The Morgan fingerprint density at radius 1 is 0.412 bits per heavy atom. The number of non-ortho nitro benzene ring substituents is 3. The Hall–Kier alpha value is -6.39. The standard InChI is InChI=1S/2C15H21N3O2.2C11H12N2O4.C11H14N2O2.C9H7NO3.C4H9ClN.C2H3ClO.4CH4.3Ac/c2*1-9(18(3)4)16-12-6-5-11-7-14(20)15(13(11)8-12)17-10(2)19;2*1-6(14)12-11-9-5-8(13(16)17)3-2-7(9)4-10(11)15;1-6(14)13-11-9-5-8(12)3-2-7(9)4-10(11)15;11-10(12)6-2-1-5-3-8-9(13-8)7(5)4-6;1-4(5)6(2)3;1-2(3)4;;;;;;;/h2*5-6,8,14-15,20H,7H2,1-4H3,(H,17,19);2*2-3,5,10-11,15H,4H2,1H3,(H,12,14);2-3,5,10-11,15H,4,12H2,1H3,(H,13,14);1-2,4,8-9H,3H2;1-3H3;1H3;4*1H4;;;/q;;;;;;+1;;;;;;;;. The summed E-state index contributed by atoms with van der Waals surface area (Å²) in [4.78, 5) is 108. The number of aliphatic imine (C=N–C) groups is 2. The van der Waals surface area contributed by atoms with Crippen molar-refractivity contribution in [3.05, 3.63) is 206 Å². The number of nitrogens with zero attached hydrogens (tertiary/aromatic N) is 8. The number of nitro benzene ring substituents is 3. The summed E-state index contributed by atoms with van der Waals surface area (Å²) in [7, 11) is 11.6. The smallest absolute Gasteiger partial charge is 0.269 e. The third kappa shape index (κ3) is 34.3. The number of hydrogen-bond acceptors (Lipinski definition) is 21. The van der Waals surface area contributed by atoms with E-state index in [-0.39, 0.29) is 243 Å². The second kappa shape index (κ2) is 52.9. The Bertz CT molecular complexity index is 4410. The van der Waals surface area contributed by atoms with Gasteiger partial charge in [-0.15, -0.1) is 0 Å². The molecular formula is C82H115Ac3Cl2N14O18+. The molecule has 6 aliphatic carbocycles. The molecule has 12 N–H and O–H groups in total. The summed E-state index contributed by atoms with van der Waals surface area (Å²) < 4.78 is 7.14. The van der Waals surface area contributed by atoms with Crippen molar-refractivity contribution >= 4 is 109 Å². The minimum atomic E-state index is -0.726. The monoisotopic (exact) mass is 2330 g/mol. The van der Waals surface area contributed by atoms with Crippen molar-refractivity contribution in [1.29, 1.82) is 0 Å². The third-order valence-electron chi connectivity index (χ3n) is 18.8. The van der Waals surface area contributed by atoms with Gasteiger partial charge >= 0.3 is 0 Å². The Morgan fingerprint density at radius 2 is 0.639 bits per heavy atom. The molecular weight excluding hydrogens is 2220 g/mol. The average molecular weight is 2340 g/mol. The van der Waals surface area contributed by atoms with Gasteiger partial charge in [0.05, 0.1) is 93.0 Å². The SMILES string of the molecule is C.C.C.C.CC(=O)Cl.CC(=O)NC1c2cc(N)ccc2CC1O.CC(=O)NC1c2cc(N=C(C)N(C)C)ccc2CC1O.CC(=O)NC1c2cc(N=C(C)N(C)C)ccc2CC1O.CC(=O)NC1c2cc([N+](=O)[O-])ccc2CC1O.CC(=O)NC1c2cc([N+](=O)[O-])ccc2CC1O.CC(Cl)=[N+](C)C.O=[N+]([O-])c1ccc2c(c1)C1OC1C2.[Ac].[Ac].[Ac]. The molecule has 119 heavy (non-hydrogen) atoms. The average Bonchev–Trinajstić information content (AvgIpc) is 1.59. The number of fused-ring (bicyclic) bond motifs is 8. The zero-order valence-electron chi connectivity index (χ0n) is 66.7. The second-order valence-electron chi connectivity index (χ2n) is 28.2. The fourth-order valence-electron chi connectivity index (χ4n) is 12.9. The van der Waals surface area contributed by atoms with Gasteiger partial charge in [-0.05, 0) is 140 Å². The molecule has 37 heteroatoms. The van der Waals surface area contributed by atoms with Crippen molar-refractivity contribution in [2.75, 3.05) is 48.0 Å². The quantitative estimate of drug-likeness (QED) is 0.00887. The molecule has 643 valence electrons. The number of halogens is 2. The van der Waals surface area contributed by atoms with Crippen molar-refractivity contribution in [3.63, 3.8) is 0 Å². The number of aliphatic hydroxyl groups is 5. The fourth-order valence-corrected chi connectivity index (χ4v) is 12.9. The van der Waals surface area contributed by atoms with Crippen LogP contribution in [0, 0.1) is 163 Å². The number of carbonyl (C=O) groups is 6. The summed E-state index contributed by atoms with van der Waals surface area (Å²) in [5, 5.41) is 95.3. The van der Waals surface area contributed by atoms with Crippen LogP contribution in [0.25, 0.3) is 0 Å². The maximum absolute atomic E-state index is 11.3. The molecule has 0 bridgehead atoms. The van der Waals surface area contributed by atoms with Crippen LogP contribution < -0.4 is 32.3 Å². The van der Waals surface area contributed by atoms with Crippen LogP contribution in [-0.4, -0.2) is 185 Å². The van der Waals surface area contributed by atoms with Crippen LogP contribution in [0.2, 0.25) is 0 Å². The normalized spacial score (nSPS) is 20.2. The van der Waals surface area contributed by atoms with Crippen LogP contribution in [0.4, 0.5) is 34.1 Å². The molecule has 1 heterocycles. The number of epoxide rings is 1. The molecule has 13 rings (SSSR count). The van der Waals surface area contributed by atoms with Crippen molar-refractivity contribution in [1.82, 2.24) is 36.4 Å². The number of ether oxygens (including phenoxy) is 1. The number of nitro groups is 3. The molecule has 0 aromatic heterocycles. The number of rotatable bonds is 10. The van der Waals surface area contributed by atoms with Crippen molar-refractivity contribution in [3.8, 4) is 0 Å². The van der Waals surface area contributed by atoms with Crippen LogP contribution in [0.3, 0.4) is 0 Å². The van der Waals surface area contributed by atoms with Gasteiger partial charge in [-0.2, -0.15) is 0 Å². The summed E-state index contributed by atoms with van der Waals surface area (Å²) >= 11 is 10.1. The first-order chi connectivity index (χ1) is 52.4. The Morgan fingerprint density at radius 3 is 0.882 bits per heavy atom. The largest absolute Gasteiger partial charge is 0.399 e. The van der Waals surface area contributed by atoms with Gasteiger partial charge in [-0.3, -0.25) is 59.1 Å². The van der Waals surface area contributed by atoms with Crippen molar-refractivity contribution in [2.45, 2.75) is 203 Å². The summed E-state index contributed by atoms with van der Waals surface area (Å²) in [6.45, 7) is 14.1. The first-order valence-electron chi connectivity index (χ1n) is 35.6. The van der Waals surface area contributed by atoms with Gasteiger partial charge in [-0.25, -0.2) is 14.6 Å². The van der Waals surface area contributed by atoms with Crippen LogP contribution in [0.15, 0.2) is 119 Å². The van der Waals surface area contributed by atoms with Crippen molar-refractivity contribution < 1.29 is 211 Å². The molecule has 3 radical (unpaired) electrons. The summed E-state index contributed by atoms with van der Waals surface area (Å²) in [6.07, 6.45) is 0.735. The van der Waals surface area contributed by atoms with E-state index in [1.807, 2.05) is 138 Å². The van der Waals surface area contributed by atoms with E-state index in [1.165, 1.54) is 71.4 Å². The van der Waals surface area contributed by atoms with E-state index in [2.05, 4.69) is 48.2 Å². The molecule has 12 unspecified atom stereocenters. The maximum Gasteiger partial charge on any atom is 0.269 e. The van der Waals surface area contributed by atoms with Gasteiger partial charge in [-0.1, -0.05) is 66.1 Å². The van der Waals surface area contributed by atoms with E-state index in [0.717, 1.165) is 84.7 Å². The molecule has 1 fully saturated rings. The zero-order valence-corrected chi connectivity index (χ0v) is 82.5. The number of amidine groups is 2. The Balaban J connectivity index is 0. The van der Waals surface area contributed by atoms with Crippen molar-refractivity contribution in [2.24, 2.45) is 9.98 Å². The zero-order chi connectivity index (χ0) is 83.6. The molecule has 1 saturated heterocycles. The van der Waals surface area contributed by atoms with E-state index < -0.39 is 52.5 Å². The van der Waals surface area contributed by atoms with Crippen LogP contribution >= 0.6 is 23.2 Å². The number of nitrogens with one attached hydrogen (secondary N) is 5. The molecule has 0 saturated carbocycles. The number of carbonyl (C=O) groups excluding carboxylic acids is 6. The van der Waals surface area contributed by atoms with Crippen LogP contribution in [-0.2, 0) is 72.0 Å². The summed E-state index contributed by atoms with van der Waals surface area (Å²) in [5.41, 5.74) is 19.3. The Labute approximate surface area is 814 Å². The molecule has 5 amide bonds. The first-order valence-corrected chi connectivity index (χ1v) is 36.3. The second-order valence-corrected chi connectivity index (χ2v) is 29.2. The number of aliphatic hydroxyl groups excluding tert-OH is 5. The molecule has 6 aromatic carbocycles. The minimum Gasteiger partial charge on any atom is -0.399 e. The molecule has 6 aromatic rings. The predicted octanol–water partition coefficient (Wildman–Crippen LogP) is 10.3. The summed E-state index contributed by atoms with van der Waals surface area (Å²) in [6, 6.07) is 29.0. The number of hydrogen-bond donors (Lipinski definition) is 11. The van der Waals surface area contributed by atoms with Crippen LogP contribution in [0.5, 0.6) is 0 Å². The topological polar surface area (TPSA) is 466 Å². The predicted molar refractivity (Wildman–Crippen MR) is 451 cm³/mol. The van der Waals surface area contributed by atoms with Gasteiger partial charge in [0.1, 0.15) is 31.9 Å². The van der Waals surface area contributed by atoms with E-state index in [0.29, 0.717) is 55.0 Å². The van der Waals surface area contributed by atoms with E-state index in [4.69, 9.17) is 22.1 Å². The van der Waals surface area contributed by atoms with E-state index in [9.17, 15) is 84.6 Å². The molecule has 7 aliphatic rings. The number of anilines is 1. The van der Waals surface area contributed by atoms with Gasteiger partial charge in [0.15, 0.2) is 0 Å². The Kier molecular flexibility index (Phi) is 51.0. The van der Waals surface area contributed by atoms with Crippen LogP contribution in [0.1, 0.15) is 195 Å². The number of nitrogen functional groups attached to an aromatic ring is 1. The van der Waals surface area contributed by atoms with E-state index in [1.54, 1.807) is 24.3 Å². The number of nitrogens with two attached hydrogens (primary N) is 1. The molecule has 0 spiro atoms. The van der Waals surface area contributed by atoms with E-state index >= 15 is 0 Å². The molecule has 1 aliphatic heterocycles. The maximum atomic E-state index is 11.3. The number of amides is 5. The minimum absolute atomic E-state index is 0.